The number of amides is 1. The van der Waals surface area contributed by atoms with E-state index in [1.165, 1.54) is 0 Å². The Hall–Kier alpha value is -2.57. The van der Waals surface area contributed by atoms with Crippen LogP contribution in [0.15, 0.2) is 59.3 Å². The van der Waals surface area contributed by atoms with Crippen LogP contribution in [-0.4, -0.2) is 51.7 Å². The maximum atomic E-state index is 12.9. The molecule has 27 heavy (non-hydrogen) atoms. The van der Waals surface area contributed by atoms with Crippen LogP contribution < -0.4 is 0 Å². The Morgan fingerprint density at radius 3 is 2.63 bits per heavy atom. The van der Waals surface area contributed by atoms with Crippen molar-refractivity contribution in [3.63, 3.8) is 0 Å². The zero-order valence-electron chi connectivity index (χ0n) is 14.9. The molecule has 0 unspecified atom stereocenters. The minimum Gasteiger partial charge on any atom is -0.448 e. The second kappa shape index (κ2) is 7.98. The Morgan fingerprint density at radius 1 is 1.07 bits per heavy atom. The molecule has 0 saturated carbocycles. The fraction of sp³-hybridized carbons (Fsp3) is 0.300. The lowest BCUT2D eigenvalue weighted by Crippen LogP contribution is -2.35. The van der Waals surface area contributed by atoms with Crippen molar-refractivity contribution < 1.29 is 9.21 Å². The van der Waals surface area contributed by atoms with Crippen molar-refractivity contribution in [3.05, 3.63) is 71.4 Å². The van der Waals surface area contributed by atoms with Crippen LogP contribution in [0.1, 0.15) is 22.5 Å². The summed E-state index contributed by atoms with van der Waals surface area (Å²) in [4.78, 5) is 17.1. The van der Waals surface area contributed by atoms with Crippen molar-refractivity contribution in [2.45, 2.75) is 13.0 Å². The molecule has 3 heterocycles. The Labute approximate surface area is 162 Å². The Balaban J connectivity index is 1.37. The van der Waals surface area contributed by atoms with Gasteiger partial charge < -0.3 is 9.32 Å². The number of benzene rings is 1. The molecule has 0 atom stereocenters. The minimum absolute atomic E-state index is 0.0740. The number of halogens is 1. The van der Waals surface area contributed by atoms with Crippen molar-refractivity contribution in [1.29, 1.82) is 0 Å². The van der Waals surface area contributed by atoms with Crippen LogP contribution in [0.3, 0.4) is 0 Å². The van der Waals surface area contributed by atoms with Crippen LogP contribution in [0.5, 0.6) is 0 Å². The lowest BCUT2D eigenvalue weighted by molar-refractivity contribution is 0.0761. The third-order valence-corrected chi connectivity index (χ3v) is 4.97. The maximum absolute atomic E-state index is 12.9. The van der Waals surface area contributed by atoms with Gasteiger partial charge in [0.25, 0.3) is 5.91 Å². The lowest BCUT2D eigenvalue weighted by Gasteiger charge is -2.21. The number of furan rings is 1. The average molecular weight is 385 g/mol. The number of aromatic nitrogens is 2. The van der Waals surface area contributed by atoms with E-state index in [4.69, 9.17) is 16.0 Å². The number of carbonyl (C=O) groups is 1. The first kappa shape index (κ1) is 17.8. The summed E-state index contributed by atoms with van der Waals surface area (Å²) >= 11 is 5.84. The van der Waals surface area contributed by atoms with Gasteiger partial charge in [-0.1, -0.05) is 0 Å². The predicted molar refractivity (Wildman–Crippen MR) is 103 cm³/mol. The lowest BCUT2D eigenvalue weighted by atomic mass is 10.1. The third kappa shape index (κ3) is 4.23. The van der Waals surface area contributed by atoms with Gasteiger partial charge in [-0.15, -0.1) is 0 Å². The van der Waals surface area contributed by atoms with E-state index in [0.29, 0.717) is 23.9 Å². The Morgan fingerprint density at radius 2 is 1.93 bits per heavy atom. The number of carbonyl (C=O) groups excluding carboxylic acids is 1. The highest BCUT2D eigenvalue weighted by molar-refractivity contribution is 6.28. The summed E-state index contributed by atoms with van der Waals surface area (Å²) in [5, 5.41) is 4.62. The topological polar surface area (TPSA) is 54.5 Å². The van der Waals surface area contributed by atoms with Gasteiger partial charge in [0.2, 0.25) is 0 Å². The molecule has 1 fully saturated rings. The zero-order chi connectivity index (χ0) is 18.6. The van der Waals surface area contributed by atoms with E-state index in [1.54, 1.807) is 16.9 Å². The van der Waals surface area contributed by atoms with E-state index in [2.05, 4.69) is 10.00 Å². The van der Waals surface area contributed by atoms with Gasteiger partial charge in [0, 0.05) is 44.1 Å². The monoisotopic (exact) mass is 384 g/mol. The quantitative estimate of drug-likeness (QED) is 0.691. The van der Waals surface area contributed by atoms with Crippen molar-refractivity contribution >= 4 is 17.5 Å². The summed E-state index contributed by atoms with van der Waals surface area (Å²) < 4.78 is 7.23. The minimum atomic E-state index is 0.0740. The van der Waals surface area contributed by atoms with Crippen LogP contribution in [0.25, 0.3) is 5.69 Å². The summed E-state index contributed by atoms with van der Waals surface area (Å²) in [6, 6.07) is 13.1. The van der Waals surface area contributed by atoms with Gasteiger partial charge >= 0.3 is 0 Å². The van der Waals surface area contributed by atoms with Crippen molar-refractivity contribution in [2.75, 3.05) is 26.2 Å². The van der Waals surface area contributed by atoms with Gasteiger partial charge in [-0.05, 0) is 60.5 Å². The van der Waals surface area contributed by atoms with Gasteiger partial charge in [-0.3, -0.25) is 9.69 Å². The molecule has 0 bridgehead atoms. The largest absolute Gasteiger partial charge is 0.448 e. The first-order chi connectivity index (χ1) is 13.2. The third-order valence-electron chi connectivity index (χ3n) is 4.77. The van der Waals surface area contributed by atoms with Gasteiger partial charge in [0.15, 0.2) is 5.22 Å². The standard InChI is InChI=1S/C20H21ClN4O2/c21-19-8-7-18(27-19)15-23-10-2-11-24(14-13-23)20(26)16-3-5-17(6-4-16)25-12-1-9-22-25/h1,3-9,12H,2,10-11,13-15H2. The molecule has 0 N–H and O–H groups in total. The molecule has 2 aromatic heterocycles. The molecule has 0 aliphatic carbocycles. The second-order valence-corrected chi connectivity index (χ2v) is 7.00. The molecule has 140 valence electrons. The van der Waals surface area contributed by atoms with Crippen LogP contribution in [-0.2, 0) is 6.54 Å². The summed E-state index contributed by atoms with van der Waals surface area (Å²) in [6.07, 6.45) is 4.55. The molecular weight excluding hydrogens is 364 g/mol. The molecule has 1 amide bonds. The molecule has 1 aliphatic heterocycles. The van der Waals surface area contributed by atoms with Crippen molar-refractivity contribution in [1.82, 2.24) is 19.6 Å². The normalized spacial score (nSPS) is 15.7. The maximum Gasteiger partial charge on any atom is 0.253 e. The summed E-state index contributed by atoms with van der Waals surface area (Å²) in [5.74, 6) is 0.930. The van der Waals surface area contributed by atoms with E-state index >= 15 is 0 Å². The van der Waals surface area contributed by atoms with Gasteiger partial charge in [-0.25, -0.2) is 4.68 Å². The van der Waals surface area contributed by atoms with Gasteiger partial charge in [-0.2, -0.15) is 5.10 Å². The van der Waals surface area contributed by atoms with Crippen LogP contribution in [0.2, 0.25) is 5.22 Å². The van der Waals surface area contributed by atoms with Crippen LogP contribution in [0.4, 0.5) is 0 Å². The SMILES string of the molecule is O=C(c1ccc(-n2cccn2)cc1)N1CCCN(Cc2ccc(Cl)o2)CC1. The highest BCUT2D eigenvalue weighted by Crippen LogP contribution is 2.17. The molecule has 1 saturated heterocycles. The van der Waals surface area contributed by atoms with Gasteiger partial charge in [0.1, 0.15) is 5.76 Å². The van der Waals surface area contributed by atoms with E-state index in [1.807, 2.05) is 47.5 Å². The van der Waals surface area contributed by atoms with E-state index in [-0.39, 0.29) is 5.91 Å². The van der Waals surface area contributed by atoms with Gasteiger partial charge in [0.05, 0.1) is 12.2 Å². The molecule has 0 radical (unpaired) electrons. The van der Waals surface area contributed by atoms with E-state index < -0.39 is 0 Å². The molecular formula is C20H21ClN4O2. The zero-order valence-corrected chi connectivity index (χ0v) is 15.7. The number of hydrogen-bond acceptors (Lipinski definition) is 4. The number of rotatable bonds is 4. The first-order valence-corrected chi connectivity index (χ1v) is 9.43. The summed E-state index contributed by atoms with van der Waals surface area (Å²) in [5.41, 5.74) is 1.65. The smallest absolute Gasteiger partial charge is 0.253 e. The predicted octanol–water partition coefficient (Wildman–Crippen LogP) is 3.47. The molecule has 3 aromatic rings. The van der Waals surface area contributed by atoms with Crippen molar-refractivity contribution in [2.24, 2.45) is 0 Å². The Kier molecular flexibility index (Phi) is 5.27. The fourth-order valence-electron chi connectivity index (χ4n) is 3.35. The molecule has 1 aromatic carbocycles. The molecule has 0 spiro atoms. The average Bonchev–Trinajstić information content (AvgIpc) is 3.30. The second-order valence-electron chi connectivity index (χ2n) is 6.63. The molecule has 6 nitrogen and oxygen atoms in total. The van der Waals surface area contributed by atoms with Crippen LogP contribution in [0, 0.1) is 0 Å². The molecule has 7 heteroatoms. The molecule has 1 aliphatic rings. The van der Waals surface area contributed by atoms with E-state index in [9.17, 15) is 4.79 Å². The number of hydrogen-bond donors (Lipinski definition) is 0. The molecule has 4 rings (SSSR count). The van der Waals surface area contributed by atoms with Crippen LogP contribution >= 0.6 is 11.6 Å². The summed E-state index contributed by atoms with van der Waals surface area (Å²) in [7, 11) is 0. The highest BCUT2D eigenvalue weighted by atomic mass is 35.5. The fourth-order valence-corrected chi connectivity index (χ4v) is 3.51. The highest BCUT2D eigenvalue weighted by Gasteiger charge is 2.21. The first-order valence-electron chi connectivity index (χ1n) is 9.05. The summed E-state index contributed by atoms with van der Waals surface area (Å²) in [6.45, 7) is 3.92. The van der Waals surface area contributed by atoms with Crippen molar-refractivity contribution in [3.8, 4) is 5.69 Å². The number of nitrogens with zero attached hydrogens (tertiary/aromatic N) is 4. The Bertz CT molecular complexity index is 889. The van der Waals surface area contributed by atoms with E-state index in [0.717, 1.165) is 37.5 Å².